The van der Waals surface area contributed by atoms with E-state index >= 15 is 0 Å². The van der Waals surface area contributed by atoms with E-state index in [-0.39, 0.29) is 11.0 Å². The Labute approximate surface area is 139 Å². The summed E-state index contributed by atoms with van der Waals surface area (Å²) < 4.78 is 45.3. The number of Topliss-reactive ketones (excluding diaryl/α,β-unsaturated/α-hetero) is 1. The quantitative estimate of drug-likeness (QED) is 0.591. The second-order valence-electron chi connectivity index (χ2n) is 8.36. The van der Waals surface area contributed by atoms with E-state index in [9.17, 15) is 18.0 Å². The maximum atomic E-state index is 13.0. The molecule has 2 atom stereocenters. The topological polar surface area (TPSA) is 26.3 Å². The summed E-state index contributed by atoms with van der Waals surface area (Å²) in [7, 11) is -2.31. The van der Waals surface area contributed by atoms with Gasteiger partial charge in [-0.15, -0.1) is 0 Å². The molecule has 0 bridgehead atoms. The zero-order valence-electron chi connectivity index (χ0n) is 15.2. The summed E-state index contributed by atoms with van der Waals surface area (Å²) in [4.78, 5) is 12.6. The van der Waals surface area contributed by atoms with Crippen LogP contribution in [0.1, 0.15) is 59.8 Å². The van der Waals surface area contributed by atoms with E-state index < -0.39 is 32.3 Å². The summed E-state index contributed by atoms with van der Waals surface area (Å²) in [6.07, 6.45) is -0.808. The van der Waals surface area contributed by atoms with Gasteiger partial charge in [0.05, 0.1) is 0 Å². The predicted octanol–water partition coefficient (Wildman–Crippen LogP) is 5.72. The lowest BCUT2D eigenvalue weighted by Crippen LogP contribution is -2.51. The highest BCUT2D eigenvalue weighted by atomic mass is 28.4. The Morgan fingerprint density at radius 3 is 1.96 bits per heavy atom. The second kappa shape index (κ2) is 7.26. The molecule has 1 aliphatic carbocycles. The summed E-state index contributed by atoms with van der Waals surface area (Å²) in [5, 5.41) is -0.137. The molecule has 1 aliphatic rings. The van der Waals surface area contributed by atoms with Gasteiger partial charge < -0.3 is 4.43 Å². The molecule has 136 valence electrons. The van der Waals surface area contributed by atoms with Crippen LogP contribution < -0.4 is 0 Å². The number of rotatable bonds is 5. The maximum Gasteiger partial charge on any atom is 0.398 e. The first-order valence-corrected chi connectivity index (χ1v) is 11.5. The van der Waals surface area contributed by atoms with Gasteiger partial charge in [-0.1, -0.05) is 40.0 Å². The zero-order chi connectivity index (χ0) is 18.1. The Bertz CT molecular complexity index is 407. The van der Waals surface area contributed by atoms with Gasteiger partial charge in [-0.2, -0.15) is 13.2 Å². The first-order valence-electron chi connectivity index (χ1n) is 8.55. The van der Waals surface area contributed by atoms with Crippen molar-refractivity contribution in [1.82, 2.24) is 0 Å². The smallest absolute Gasteiger partial charge is 0.398 e. The fraction of sp³-hybridized carbons (Fsp3) is 0.941. The van der Waals surface area contributed by atoms with Crippen molar-refractivity contribution >= 4 is 14.1 Å². The van der Waals surface area contributed by atoms with Gasteiger partial charge in [0.15, 0.2) is 14.1 Å². The molecule has 1 unspecified atom stereocenters. The fourth-order valence-electron chi connectivity index (χ4n) is 2.73. The molecule has 0 heterocycles. The van der Waals surface area contributed by atoms with Crippen molar-refractivity contribution in [2.24, 2.45) is 11.8 Å². The minimum absolute atomic E-state index is 0.0739. The van der Waals surface area contributed by atoms with E-state index in [0.717, 1.165) is 39.0 Å². The van der Waals surface area contributed by atoms with E-state index in [1.54, 1.807) is 0 Å². The van der Waals surface area contributed by atoms with Crippen LogP contribution in [0.3, 0.4) is 0 Å². The molecule has 0 radical (unpaired) electrons. The summed E-state index contributed by atoms with van der Waals surface area (Å²) in [6.45, 7) is 11.1. The van der Waals surface area contributed by atoms with E-state index in [1.807, 2.05) is 33.9 Å². The average Bonchev–Trinajstić information content (AvgIpc) is 2.42. The first-order chi connectivity index (χ1) is 10.3. The number of halogens is 3. The Hall–Kier alpha value is -0.363. The molecule has 1 fully saturated rings. The molecule has 0 amide bonds. The van der Waals surface area contributed by atoms with Crippen LogP contribution in [0.15, 0.2) is 0 Å². The molecule has 0 aliphatic heterocycles. The lowest BCUT2D eigenvalue weighted by molar-refractivity contribution is -0.183. The third-order valence-corrected chi connectivity index (χ3v) is 9.96. The molecule has 0 aromatic heterocycles. The fourth-order valence-corrected chi connectivity index (χ4v) is 4.02. The molecule has 0 aromatic rings. The number of alkyl halides is 3. The van der Waals surface area contributed by atoms with Crippen LogP contribution in [0.4, 0.5) is 13.2 Å². The van der Waals surface area contributed by atoms with Gasteiger partial charge in [-0.25, -0.2) is 0 Å². The van der Waals surface area contributed by atoms with Gasteiger partial charge in [0.1, 0.15) is 12.0 Å². The molecule has 6 heteroatoms. The molecule has 0 aromatic carbocycles. The lowest BCUT2D eigenvalue weighted by atomic mass is 9.81. The van der Waals surface area contributed by atoms with Crippen molar-refractivity contribution in [2.75, 3.05) is 0 Å². The molecule has 2 nitrogen and oxygen atoms in total. The Morgan fingerprint density at radius 1 is 1.09 bits per heavy atom. The van der Waals surface area contributed by atoms with Crippen molar-refractivity contribution in [1.29, 1.82) is 0 Å². The van der Waals surface area contributed by atoms with Crippen molar-refractivity contribution in [3.05, 3.63) is 0 Å². The number of carbonyl (C=O) groups excluding carboxylic acids is 1. The molecule has 23 heavy (non-hydrogen) atoms. The number of hydrogen-bond donors (Lipinski definition) is 0. The van der Waals surface area contributed by atoms with E-state index in [2.05, 4.69) is 0 Å². The summed E-state index contributed by atoms with van der Waals surface area (Å²) in [5.74, 6) is -2.82. The predicted molar refractivity (Wildman–Crippen MR) is 88.9 cm³/mol. The average molecular weight is 353 g/mol. The number of carbonyl (C=O) groups is 1. The van der Waals surface area contributed by atoms with Gasteiger partial charge in [0.2, 0.25) is 0 Å². The van der Waals surface area contributed by atoms with Crippen LogP contribution >= 0.6 is 0 Å². The van der Waals surface area contributed by atoms with E-state index in [0.29, 0.717) is 0 Å². The van der Waals surface area contributed by atoms with E-state index in [4.69, 9.17) is 4.43 Å². The highest BCUT2D eigenvalue weighted by molar-refractivity contribution is 6.74. The van der Waals surface area contributed by atoms with Crippen molar-refractivity contribution in [2.45, 2.75) is 90.2 Å². The van der Waals surface area contributed by atoms with Crippen LogP contribution in [-0.4, -0.2) is 26.4 Å². The van der Waals surface area contributed by atoms with Crippen molar-refractivity contribution < 1.29 is 22.4 Å². The van der Waals surface area contributed by atoms with Gasteiger partial charge >= 0.3 is 6.18 Å². The molecular formula is C17H31F3O2Si. The van der Waals surface area contributed by atoms with Gasteiger partial charge in [0.25, 0.3) is 0 Å². The molecule has 0 N–H and O–H groups in total. The normalized spacial score (nSPS) is 21.1. The van der Waals surface area contributed by atoms with Crippen LogP contribution in [0.25, 0.3) is 0 Å². The third kappa shape index (κ3) is 5.31. The monoisotopic (exact) mass is 352 g/mol. The third-order valence-electron chi connectivity index (χ3n) is 5.50. The van der Waals surface area contributed by atoms with Gasteiger partial charge in [-0.05, 0) is 43.8 Å². The Morgan fingerprint density at radius 2 is 1.57 bits per heavy atom. The largest absolute Gasteiger partial charge is 0.407 e. The minimum atomic E-state index is -4.50. The molecule has 1 saturated carbocycles. The Balaban J connectivity index is 3.05. The lowest BCUT2D eigenvalue weighted by Gasteiger charge is -2.42. The molecule has 0 spiro atoms. The summed E-state index contributed by atoms with van der Waals surface area (Å²) in [6, 6.07) is 0. The minimum Gasteiger partial charge on any atom is -0.407 e. The number of ketones is 1. The Kier molecular flexibility index (Phi) is 6.52. The molecule has 1 rings (SSSR count). The second-order valence-corrected chi connectivity index (χ2v) is 13.1. The van der Waals surface area contributed by atoms with Crippen LogP contribution in [0, 0.1) is 11.8 Å². The maximum absolute atomic E-state index is 13.0. The van der Waals surface area contributed by atoms with Crippen molar-refractivity contribution in [3.63, 3.8) is 0 Å². The SMILES string of the molecule is CC(C(=O)[C@@H](O[Si](C)(C)C(C)(C)C)C1CCCCC1)C(F)(F)F. The highest BCUT2D eigenvalue weighted by Crippen LogP contribution is 2.41. The van der Waals surface area contributed by atoms with Crippen LogP contribution in [0.2, 0.25) is 18.1 Å². The zero-order valence-corrected chi connectivity index (χ0v) is 16.2. The molecule has 0 saturated heterocycles. The van der Waals surface area contributed by atoms with Crippen molar-refractivity contribution in [3.8, 4) is 0 Å². The summed E-state index contributed by atoms with van der Waals surface area (Å²) in [5.41, 5.74) is 0. The molecular weight excluding hydrogens is 321 g/mol. The summed E-state index contributed by atoms with van der Waals surface area (Å²) >= 11 is 0. The standard InChI is InChI=1S/C17H31F3O2Si/c1-12(17(18,19)20)14(21)15(13-10-8-7-9-11-13)22-23(5,6)16(2,3)4/h12-13,15H,7-11H2,1-6H3/t12?,15-/m0/s1. The van der Waals surface area contributed by atoms with E-state index in [1.165, 1.54) is 0 Å². The highest BCUT2D eigenvalue weighted by Gasteiger charge is 2.48. The van der Waals surface area contributed by atoms with Gasteiger partial charge in [0, 0.05) is 0 Å². The van der Waals surface area contributed by atoms with Crippen LogP contribution in [-0.2, 0) is 9.22 Å². The van der Waals surface area contributed by atoms with Crippen LogP contribution in [0.5, 0.6) is 0 Å². The van der Waals surface area contributed by atoms with Gasteiger partial charge in [-0.3, -0.25) is 4.79 Å². The number of hydrogen-bond acceptors (Lipinski definition) is 2. The first kappa shape index (κ1) is 20.7.